The second kappa shape index (κ2) is 11.7. The van der Waals surface area contributed by atoms with E-state index in [0.29, 0.717) is 19.5 Å². The molecule has 2 aromatic rings. The highest BCUT2D eigenvalue weighted by atomic mass is 19.1. The maximum absolute atomic E-state index is 13.2. The second-order valence-corrected chi connectivity index (χ2v) is 4.30. The number of benzene rings is 1. The van der Waals surface area contributed by atoms with Crippen LogP contribution in [0.15, 0.2) is 18.2 Å². The van der Waals surface area contributed by atoms with Crippen LogP contribution >= 0.6 is 0 Å². The molecule has 0 radical (unpaired) electrons. The summed E-state index contributed by atoms with van der Waals surface area (Å²) in [5.74, 6) is -0.260. The summed E-state index contributed by atoms with van der Waals surface area (Å²) in [6.45, 7) is 7.16. The first-order valence-corrected chi connectivity index (χ1v) is 7.33. The molecule has 5 nitrogen and oxygen atoms in total. The topological polar surface area (TPSA) is 56.1 Å². The molecule has 0 aliphatic heterocycles. The van der Waals surface area contributed by atoms with Crippen molar-refractivity contribution in [3.05, 3.63) is 29.7 Å². The highest BCUT2D eigenvalue weighted by molar-refractivity contribution is 5.81. The first-order chi connectivity index (χ1) is 10.6. The van der Waals surface area contributed by atoms with E-state index in [9.17, 15) is 9.18 Å². The minimum Gasteiger partial charge on any atom is -0.388 e. The van der Waals surface area contributed by atoms with Crippen LogP contribution < -0.4 is 5.32 Å². The van der Waals surface area contributed by atoms with Crippen LogP contribution in [-0.4, -0.2) is 37.0 Å². The number of methoxy groups -OCH3 is 1. The number of rotatable bonds is 5. The predicted octanol–water partition coefficient (Wildman–Crippen LogP) is 2.91. The summed E-state index contributed by atoms with van der Waals surface area (Å²) < 4.78 is 19.2. The largest absolute Gasteiger partial charge is 0.388 e. The molecule has 1 aromatic heterocycles. The lowest BCUT2D eigenvalue weighted by atomic mass is 10.2. The summed E-state index contributed by atoms with van der Waals surface area (Å²) in [6, 6.07) is 4.67. The van der Waals surface area contributed by atoms with Crippen LogP contribution in [0.3, 0.4) is 0 Å². The Hall–Kier alpha value is -1.95. The molecule has 6 heteroatoms. The minimum atomic E-state index is -0.260. The number of halogens is 1. The molecule has 0 unspecified atom stereocenters. The van der Waals surface area contributed by atoms with Crippen molar-refractivity contribution in [2.24, 2.45) is 0 Å². The number of aromatic nitrogens is 2. The number of aryl methyl sites for hydroxylation is 2. The zero-order chi connectivity index (χ0) is 17.0. The number of nitrogens with zero attached hydrogens (tertiary/aromatic N) is 2. The van der Waals surface area contributed by atoms with E-state index >= 15 is 0 Å². The monoisotopic (exact) mass is 311 g/mol. The molecule has 0 saturated heterocycles. The van der Waals surface area contributed by atoms with Crippen LogP contribution in [-0.2, 0) is 16.1 Å². The maximum Gasteiger partial charge on any atom is 0.207 e. The second-order valence-electron chi connectivity index (χ2n) is 4.30. The molecule has 0 spiro atoms. The van der Waals surface area contributed by atoms with Crippen LogP contribution in [0.25, 0.3) is 10.9 Å². The van der Waals surface area contributed by atoms with Gasteiger partial charge in [0.15, 0.2) is 0 Å². The van der Waals surface area contributed by atoms with Crippen LogP contribution in [0, 0.1) is 12.7 Å². The highest BCUT2D eigenvalue weighted by Crippen LogP contribution is 2.19. The minimum absolute atomic E-state index is 0.260. The van der Waals surface area contributed by atoms with E-state index in [-0.39, 0.29) is 5.82 Å². The Labute approximate surface area is 131 Å². The summed E-state index contributed by atoms with van der Waals surface area (Å²) in [6.07, 6.45) is 1.44. The van der Waals surface area contributed by atoms with Crippen molar-refractivity contribution < 1.29 is 13.9 Å². The van der Waals surface area contributed by atoms with E-state index in [0.717, 1.165) is 23.0 Å². The van der Waals surface area contributed by atoms with Crippen LogP contribution in [0.1, 0.15) is 26.0 Å². The molecule has 1 heterocycles. The normalized spacial score (nSPS) is 9.36. The van der Waals surface area contributed by atoms with Gasteiger partial charge >= 0.3 is 0 Å². The van der Waals surface area contributed by atoms with Crippen molar-refractivity contribution in [1.29, 1.82) is 0 Å². The number of hydrogen-bond donors (Lipinski definition) is 1. The van der Waals surface area contributed by atoms with Crippen LogP contribution in [0.2, 0.25) is 0 Å². The first-order valence-electron chi connectivity index (χ1n) is 7.33. The molecule has 1 amide bonds. The number of amides is 1. The Bertz CT molecular complexity index is 556. The molecule has 0 aliphatic rings. The van der Waals surface area contributed by atoms with Gasteiger partial charge in [-0.15, -0.1) is 0 Å². The first kappa shape index (κ1) is 20.1. The Balaban J connectivity index is 0.000000789. The Morgan fingerprint density at radius 2 is 2.00 bits per heavy atom. The van der Waals surface area contributed by atoms with Gasteiger partial charge in [0.05, 0.1) is 11.2 Å². The number of hydrogen-bond acceptors (Lipinski definition) is 3. The fourth-order valence-electron chi connectivity index (χ4n) is 1.87. The van der Waals surface area contributed by atoms with Gasteiger partial charge in [0.2, 0.25) is 6.41 Å². The van der Waals surface area contributed by atoms with Crippen molar-refractivity contribution in [3.8, 4) is 0 Å². The number of nitrogens with one attached hydrogen (secondary N) is 1. The zero-order valence-corrected chi connectivity index (χ0v) is 14.0. The molecule has 0 atom stereocenters. The third-order valence-electron chi connectivity index (χ3n) is 2.67. The molecule has 124 valence electrons. The molecule has 0 saturated carbocycles. The molecule has 0 bridgehead atoms. The van der Waals surface area contributed by atoms with Gasteiger partial charge in [-0.2, -0.15) is 5.10 Å². The van der Waals surface area contributed by atoms with Gasteiger partial charge in [0.25, 0.3) is 0 Å². The van der Waals surface area contributed by atoms with Crippen LogP contribution in [0.5, 0.6) is 0 Å². The smallest absolute Gasteiger partial charge is 0.207 e. The quantitative estimate of drug-likeness (QED) is 0.682. The lowest BCUT2D eigenvalue weighted by Gasteiger charge is -2.03. The number of fused-ring (bicyclic) bond motifs is 1. The van der Waals surface area contributed by atoms with Gasteiger partial charge in [-0.25, -0.2) is 4.39 Å². The third kappa shape index (κ3) is 6.22. The molecule has 1 aromatic carbocycles. The van der Waals surface area contributed by atoms with Crippen molar-refractivity contribution in [3.63, 3.8) is 0 Å². The highest BCUT2D eigenvalue weighted by Gasteiger charge is 2.07. The zero-order valence-electron chi connectivity index (χ0n) is 14.0. The molecule has 0 fully saturated rings. The van der Waals surface area contributed by atoms with E-state index in [4.69, 9.17) is 0 Å². The number of carbonyl (C=O) groups excluding carboxylic acids is 1. The predicted molar refractivity (Wildman–Crippen MR) is 87.4 cm³/mol. The van der Waals surface area contributed by atoms with E-state index in [2.05, 4.69) is 15.2 Å². The SMILES string of the molecule is CC.COC.Cc1nn(CCCNC=O)c2cc(F)ccc12. The van der Waals surface area contributed by atoms with Gasteiger partial charge in [-0.1, -0.05) is 13.8 Å². The number of ether oxygens (including phenoxy) is 1. The fourth-order valence-corrected chi connectivity index (χ4v) is 1.87. The Morgan fingerprint density at radius 1 is 1.36 bits per heavy atom. The van der Waals surface area contributed by atoms with Crippen molar-refractivity contribution in [2.75, 3.05) is 20.8 Å². The van der Waals surface area contributed by atoms with Crippen molar-refractivity contribution >= 4 is 17.3 Å². The van der Waals surface area contributed by atoms with Crippen molar-refractivity contribution in [2.45, 2.75) is 33.7 Å². The standard InChI is InChI=1S/C12H14FN3O.C2H6O.C2H6/c1-9-11-4-3-10(13)7-12(11)16(15-9)6-2-5-14-8-17;1-3-2;1-2/h3-4,7-8H,2,5-6H2,1H3,(H,14,17);1-2H3;1-2H3. The summed E-state index contributed by atoms with van der Waals surface area (Å²) in [5.41, 5.74) is 1.69. The lowest BCUT2D eigenvalue weighted by molar-refractivity contribution is -0.109. The average molecular weight is 311 g/mol. The number of carbonyl (C=O) groups is 1. The fraction of sp³-hybridized carbons (Fsp3) is 0.500. The lowest BCUT2D eigenvalue weighted by Crippen LogP contribution is -2.14. The molecule has 0 aliphatic carbocycles. The third-order valence-corrected chi connectivity index (χ3v) is 2.67. The summed E-state index contributed by atoms with van der Waals surface area (Å²) in [7, 11) is 3.25. The van der Waals surface area contributed by atoms with Gasteiger partial charge in [0.1, 0.15) is 5.82 Å². The van der Waals surface area contributed by atoms with E-state index in [1.807, 2.05) is 20.8 Å². The molecule has 1 N–H and O–H groups in total. The average Bonchev–Trinajstić information content (AvgIpc) is 2.82. The summed E-state index contributed by atoms with van der Waals surface area (Å²) >= 11 is 0. The summed E-state index contributed by atoms with van der Waals surface area (Å²) in [5, 5.41) is 7.92. The summed E-state index contributed by atoms with van der Waals surface area (Å²) in [4.78, 5) is 10.1. The Kier molecular flexibility index (Phi) is 10.6. The van der Waals surface area contributed by atoms with Gasteiger partial charge < -0.3 is 10.1 Å². The molecular weight excluding hydrogens is 285 g/mol. The van der Waals surface area contributed by atoms with E-state index in [1.165, 1.54) is 12.1 Å². The maximum atomic E-state index is 13.2. The van der Waals surface area contributed by atoms with Gasteiger partial charge in [0, 0.05) is 32.7 Å². The Morgan fingerprint density at radius 3 is 2.59 bits per heavy atom. The van der Waals surface area contributed by atoms with Gasteiger partial charge in [-0.05, 0) is 31.5 Å². The van der Waals surface area contributed by atoms with E-state index < -0.39 is 0 Å². The van der Waals surface area contributed by atoms with E-state index in [1.54, 1.807) is 25.0 Å². The molecule has 22 heavy (non-hydrogen) atoms. The molecule has 2 rings (SSSR count). The van der Waals surface area contributed by atoms with Gasteiger partial charge in [-0.3, -0.25) is 9.48 Å². The van der Waals surface area contributed by atoms with Crippen molar-refractivity contribution in [1.82, 2.24) is 15.1 Å². The van der Waals surface area contributed by atoms with Crippen LogP contribution in [0.4, 0.5) is 4.39 Å². The molecular formula is C16H26FN3O2.